The molecular formula is C15H18BF4N. The van der Waals surface area contributed by atoms with Gasteiger partial charge in [-0.2, -0.15) is 0 Å². The van der Waals surface area contributed by atoms with Crippen molar-refractivity contribution in [3.8, 4) is 0 Å². The number of halogens is 4. The molecule has 0 aliphatic carbocycles. The lowest BCUT2D eigenvalue weighted by molar-refractivity contribution is -0.255. The second kappa shape index (κ2) is 7.27. The second-order valence-electron chi connectivity index (χ2n) is 4.79. The van der Waals surface area contributed by atoms with Gasteiger partial charge in [0.05, 0.1) is 0 Å². The molecule has 2 rings (SSSR count). The van der Waals surface area contributed by atoms with Crippen molar-refractivity contribution in [1.29, 1.82) is 0 Å². The average molecular weight is 299 g/mol. The quantitative estimate of drug-likeness (QED) is 0.639. The molecule has 0 aliphatic heterocycles. The van der Waals surface area contributed by atoms with Gasteiger partial charge >= 0.3 is 7.25 Å². The Bertz CT molecular complexity index is 576. The van der Waals surface area contributed by atoms with E-state index >= 15 is 0 Å². The van der Waals surface area contributed by atoms with Crippen molar-refractivity contribution >= 4 is 12.9 Å². The first-order chi connectivity index (χ1) is 9.68. The van der Waals surface area contributed by atoms with Gasteiger partial charge < -0.3 is 23.0 Å². The molecular weight excluding hydrogens is 281 g/mol. The zero-order valence-corrected chi connectivity index (χ0v) is 12.0. The van der Waals surface area contributed by atoms with Gasteiger partial charge in [-0.1, -0.05) is 36.4 Å². The van der Waals surface area contributed by atoms with Crippen molar-refractivity contribution in [3.63, 3.8) is 0 Å². The molecule has 0 saturated carbocycles. The Morgan fingerprint density at radius 3 is 1.90 bits per heavy atom. The first kappa shape index (κ1) is 17.2. The van der Waals surface area contributed by atoms with Crippen molar-refractivity contribution in [3.05, 3.63) is 64.7 Å². The first-order valence-electron chi connectivity index (χ1n) is 6.50. The third-order valence-corrected chi connectivity index (χ3v) is 3.25. The van der Waals surface area contributed by atoms with Crippen molar-refractivity contribution in [2.75, 3.05) is 0 Å². The first-order valence-corrected chi connectivity index (χ1v) is 6.50. The molecule has 1 nitrogen and oxygen atoms in total. The minimum absolute atomic E-state index is 1.01. The van der Waals surface area contributed by atoms with Gasteiger partial charge in [0.15, 0.2) is 0 Å². The van der Waals surface area contributed by atoms with E-state index in [9.17, 15) is 17.3 Å². The highest BCUT2D eigenvalue weighted by Crippen LogP contribution is 2.20. The van der Waals surface area contributed by atoms with Crippen LogP contribution in [0, 0.1) is 13.8 Å². The summed E-state index contributed by atoms with van der Waals surface area (Å²) in [5.41, 5.74) is 10.6. The van der Waals surface area contributed by atoms with Gasteiger partial charge in [-0.05, 0) is 43.0 Å². The van der Waals surface area contributed by atoms with Crippen LogP contribution < -0.4 is 5.73 Å². The standard InChI is InChI=1S/C15H17N.BF4/c1-11-12(2)15(16)9-8-14(11)10-13-6-4-3-5-7-13;2-1(3,4)5/h3-9H,10,16H2,1-2H3;/q;-1/p+1. The third kappa shape index (κ3) is 6.45. The Hall–Kier alpha value is -1.82. The lowest BCUT2D eigenvalue weighted by Crippen LogP contribution is -2.41. The van der Waals surface area contributed by atoms with Crippen molar-refractivity contribution < 1.29 is 23.0 Å². The van der Waals surface area contributed by atoms with E-state index in [0.717, 1.165) is 12.1 Å². The van der Waals surface area contributed by atoms with Gasteiger partial charge in [-0.3, -0.25) is 0 Å². The molecule has 3 N–H and O–H groups in total. The van der Waals surface area contributed by atoms with Crippen LogP contribution in [-0.2, 0) is 6.42 Å². The molecule has 0 saturated heterocycles. The van der Waals surface area contributed by atoms with Gasteiger partial charge in [-0.15, -0.1) is 0 Å². The second-order valence-corrected chi connectivity index (χ2v) is 4.79. The number of quaternary nitrogens is 1. The fourth-order valence-corrected chi connectivity index (χ4v) is 1.94. The molecule has 2 aromatic rings. The van der Waals surface area contributed by atoms with Gasteiger partial charge in [-0.25, -0.2) is 0 Å². The van der Waals surface area contributed by atoms with E-state index in [1.54, 1.807) is 0 Å². The van der Waals surface area contributed by atoms with Crippen LogP contribution in [0.5, 0.6) is 0 Å². The average Bonchev–Trinajstić information content (AvgIpc) is 2.39. The fourth-order valence-electron chi connectivity index (χ4n) is 1.94. The molecule has 0 aliphatic rings. The monoisotopic (exact) mass is 299 g/mol. The zero-order chi connectivity index (χ0) is 16.0. The molecule has 0 heterocycles. The smallest absolute Gasteiger partial charge is 0.418 e. The fraction of sp³-hybridized carbons (Fsp3) is 0.200. The normalized spacial score (nSPS) is 10.8. The molecule has 114 valence electrons. The molecule has 0 atom stereocenters. The molecule has 0 fully saturated rings. The van der Waals surface area contributed by atoms with E-state index in [0.29, 0.717) is 0 Å². The van der Waals surface area contributed by atoms with Gasteiger partial charge in [0.1, 0.15) is 5.69 Å². The minimum Gasteiger partial charge on any atom is -0.418 e. The van der Waals surface area contributed by atoms with Crippen LogP contribution in [-0.4, -0.2) is 7.25 Å². The van der Waals surface area contributed by atoms with Gasteiger partial charge in [0.25, 0.3) is 0 Å². The third-order valence-electron chi connectivity index (χ3n) is 3.25. The topological polar surface area (TPSA) is 27.6 Å². The highest BCUT2D eigenvalue weighted by molar-refractivity contribution is 6.50. The summed E-state index contributed by atoms with van der Waals surface area (Å²) in [5, 5.41) is 0. The molecule has 0 bridgehead atoms. The predicted octanol–water partition coefficient (Wildman–Crippen LogP) is 4.07. The maximum Gasteiger partial charge on any atom is 0.673 e. The highest BCUT2D eigenvalue weighted by atomic mass is 19.5. The molecule has 0 radical (unpaired) electrons. The maximum atomic E-state index is 9.75. The number of benzene rings is 2. The van der Waals surface area contributed by atoms with Crippen LogP contribution >= 0.6 is 0 Å². The van der Waals surface area contributed by atoms with E-state index in [-0.39, 0.29) is 0 Å². The minimum atomic E-state index is -6.00. The Morgan fingerprint density at radius 1 is 0.857 bits per heavy atom. The molecule has 0 aromatic heterocycles. The molecule has 0 amide bonds. The molecule has 0 unspecified atom stereocenters. The summed E-state index contributed by atoms with van der Waals surface area (Å²) in [5.74, 6) is 0. The van der Waals surface area contributed by atoms with Crippen LogP contribution in [0.1, 0.15) is 22.3 Å². The largest absolute Gasteiger partial charge is 0.673 e. The summed E-state index contributed by atoms with van der Waals surface area (Å²) in [7, 11) is -6.00. The lowest BCUT2D eigenvalue weighted by Gasteiger charge is -2.09. The van der Waals surface area contributed by atoms with Crippen LogP contribution in [0.3, 0.4) is 0 Å². The van der Waals surface area contributed by atoms with E-state index in [4.69, 9.17) is 0 Å². The van der Waals surface area contributed by atoms with E-state index in [2.05, 4.69) is 62.0 Å². The van der Waals surface area contributed by atoms with Crippen molar-refractivity contribution in [1.82, 2.24) is 0 Å². The summed E-state index contributed by atoms with van der Waals surface area (Å²) in [6.45, 7) is 4.33. The Morgan fingerprint density at radius 2 is 1.38 bits per heavy atom. The van der Waals surface area contributed by atoms with Gasteiger partial charge in [0.2, 0.25) is 0 Å². The molecule has 6 heteroatoms. The molecule has 0 spiro atoms. The lowest BCUT2D eigenvalue weighted by atomic mass is 9.96. The summed E-state index contributed by atoms with van der Waals surface area (Å²) < 4.78 is 39.0. The molecule has 21 heavy (non-hydrogen) atoms. The highest BCUT2D eigenvalue weighted by Gasteiger charge is 2.20. The number of hydrogen-bond acceptors (Lipinski definition) is 0. The van der Waals surface area contributed by atoms with Gasteiger partial charge in [0, 0.05) is 5.56 Å². The maximum absolute atomic E-state index is 9.75. The summed E-state index contributed by atoms with van der Waals surface area (Å²) in [6, 6.07) is 14.9. The summed E-state index contributed by atoms with van der Waals surface area (Å²) >= 11 is 0. The Labute approximate surface area is 121 Å². The zero-order valence-electron chi connectivity index (χ0n) is 12.0. The Kier molecular flexibility index (Phi) is 5.96. The summed E-state index contributed by atoms with van der Waals surface area (Å²) in [4.78, 5) is 0. The Balaban J connectivity index is 0.000000383. The molecule has 2 aromatic carbocycles. The number of hydrogen-bond donors (Lipinski definition) is 1. The van der Waals surface area contributed by atoms with Crippen molar-refractivity contribution in [2.45, 2.75) is 20.3 Å². The summed E-state index contributed by atoms with van der Waals surface area (Å²) in [6.07, 6.45) is 1.01. The van der Waals surface area contributed by atoms with Crippen LogP contribution in [0.4, 0.5) is 23.0 Å². The predicted molar refractivity (Wildman–Crippen MR) is 77.9 cm³/mol. The van der Waals surface area contributed by atoms with E-state index < -0.39 is 7.25 Å². The SMILES string of the molecule is Cc1c([NH3+])ccc(Cc2ccccc2)c1C.F[B-](F)(F)F. The van der Waals surface area contributed by atoms with Crippen LogP contribution in [0.15, 0.2) is 42.5 Å². The van der Waals surface area contributed by atoms with Crippen molar-refractivity contribution in [2.24, 2.45) is 0 Å². The van der Waals surface area contributed by atoms with E-state index in [1.165, 1.54) is 22.3 Å². The number of rotatable bonds is 2. The van der Waals surface area contributed by atoms with Crippen LogP contribution in [0.2, 0.25) is 0 Å². The van der Waals surface area contributed by atoms with Crippen LogP contribution in [0.25, 0.3) is 0 Å². The van der Waals surface area contributed by atoms with E-state index in [1.807, 2.05) is 0 Å².